The summed E-state index contributed by atoms with van der Waals surface area (Å²) in [5.41, 5.74) is 1.20. The van der Waals surface area contributed by atoms with Gasteiger partial charge in [0.05, 0.1) is 11.1 Å². The number of aromatic nitrogens is 1. The number of halogens is 1. The summed E-state index contributed by atoms with van der Waals surface area (Å²) in [5.74, 6) is -0.366. The highest BCUT2D eigenvalue weighted by Crippen LogP contribution is 2.06. The molecule has 2 heterocycles. The summed E-state index contributed by atoms with van der Waals surface area (Å²) in [7, 11) is 0. The molecule has 0 N–H and O–H groups in total. The van der Waals surface area contributed by atoms with Gasteiger partial charge in [-0.3, -0.25) is 9.36 Å². The molecular formula is C18H10FN3OS2. The maximum absolute atomic E-state index is 13.1. The lowest BCUT2D eigenvalue weighted by atomic mass is 10.2. The molecule has 0 atom stereocenters. The third-order valence-electron chi connectivity index (χ3n) is 3.44. The van der Waals surface area contributed by atoms with E-state index >= 15 is 0 Å². The highest BCUT2D eigenvalue weighted by Gasteiger charge is 2.10. The Morgan fingerprint density at radius 3 is 2.52 bits per heavy atom. The number of thiazole rings is 1. The summed E-state index contributed by atoms with van der Waals surface area (Å²) >= 11 is 2.62. The average Bonchev–Trinajstić information content (AvgIpc) is 3.22. The molecule has 122 valence electrons. The highest BCUT2D eigenvalue weighted by atomic mass is 32.1. The minimum atomic E-state index is -0.366. The molecule has 0 spiro atoms. The number of nitriles is 2. The molecule has 4 nitrogen and oxygen atoms in total. The van der Waals surface area contributed by atoms with Gasteiger partial charge in [0.2, 0.25) is 0 Å². The number of nitrogens with zero attached hydrogens (tertiary/aromatic N) is 3. The average molecular weight is 367 g/mol. The molecule has 0 fully saturated rings. The number of thiophene rings is 1. The van der Waals surface area contributed by atoms with Crippen molar-refractivity contribution in [3.8, 4) is 12.1 Å². The summed E-state index contributed by atoms with van der Waals surface area (Å²) in [4.78, 5) is 12.8. The van der Waals surface area contributed by atoms with Crippen LogP contribution in [0.2, 0.25) is 0 Å². The van der Waals surface area contributed by atoms with Crippen LogP contribution in [0, 0.1) is 28.5 Å². The van der Waals surface area contributed by atoms with Gasteiger partial charge in [-0.25, -0.2) is 4.39 Å². The summed E-state index contributed by atoms with van der Waals surface area (Å²) < 4.78 is 15.2. The second-order valence-electron chi connectivity index (χ2n) is 5.09. The minimum Gasteiger partial charge on any atom is -0.293 e. The molecule has 1 aromatic carbocycles. The zero-order chi connectivity index (χ0) is 17.8. The van der Waals surface area contributed by atoms with E-state index in [1.165, 1.54) is 28.0 Å². The fourth-order valence-electron chi connectivity index (χ4n) is 2.25. The molecule has 3 aromatic rings. The van der Waals surface area contributed by atoms with E-state index in [1.807, 2.05) is 29.0 Å². The van der Waals surface area contributed by atoms with E-state index in [0.29, 0.717) is 14.8 Å². The molecule has 0 radical (unpaired) electrons. The SMILES string of the molecule is N#CC(C#N)=c1s/c(=C\c2ccsc2)c(=O)n1Cc1ccc(F)cc1. The lowest BCUT2D eigenvalue weighted by Gasteiger charge is -2.02. The monoisotopic (exact) mass is 367 g/mol. The van der Waals surface area contributed by atoms with E-state index in [1.54, 1.807) is 18.2 Å². The van der Waals surface area contributed by atoms with Gasteiger partial charge in [0.1, 0.15) is 22.6 Å². The molecule has 0 unspecified atom stereocenters. The topological polar surface area (TPSA) is 69.6 Å². The molecule has 0 aliphatic heterocycles. The maximum atomic E-state index is 13.1. The van der Waals surface area contributed by atoms with E-state index in [9.17, 15) is 19.7 Å². The van der Waals surface area contributed by atoms with Gasteiger partial charge in [0.15, 0.2) is 5.57 Å². The Bertz CT molecular complexity index is 1140. The Morgan fingerprint density at radius 2 is 1.92 bits per heavy atom. The summed E-state index contributed by atoms with van der Waals surface area (Å²) in [6.45, 7) is 0.162. The molecule has 2 aromatic heterocycles. The van der Waals surface area contributed by atoms with Crippen LogP contribution in [0.4, 0.5) is 4.39 Å². The van der Waals surface area contributed by atoms with Crippen LogP contribution in [0.1, 0.15) is 11.1 Å². The van der Waals surface area contributed by atoms with E-state index in [4.69, 9.17) is 0 Å². The van der Waals surface area contributed by atoms with Crippen LogP contribution in [0.15, 0.2) is 45.9 Å². The Balaban J connectivity index is 2.23. The van der Waals surface area contributed by atoms with Crippen LogP contribution in [0.3, 0.4) is 0 Å². The highest BCUT2D eigenvalue weighted by molar-refractivity contribution is 7.08. The zero-order valence-corrected chi connectivity index (χ0v) is 14.4. The molecule has 0 aliphatic carbocycles. The fraction of sp³-hybridized carbons (Fsp3) is 0.0556. The molecule has 0 saturated carbocycles. The van der Waals surface area contributed by atoms with Crippen molar-refractivity contribution < 1.29 is 4.39 Å². The van der Waals surface area contributed by atoms with Gasteiger partial charge in [-0.15, -0.1) is 11.3 Å². The van der Waals surface area contributed by atoms with Crippen LogP contribution >= 0.6 is 22.7 Å². The van der Waals surface area contributed by atoms with Crippen LogP contribution in [-0.4, -0.2) is 4.57 Å². The molecule has 3 rings (SSSR count). The van der Waals surface area contributed by atoms with Crippen molar-refractivity contribution in [3.05, 3.63) is 77.6 Å². The van der Waals surface area contributed by atoms with Crippen molar-refractivity contribution in [2.45, 2.75) is 6.54 Å². The zero-order valence-electron chi connectivity index (χ0n) is 12.8. The van der Waals surface area contributed by atoms with Crippen molar-refractivity contribution in [2.24, 2.45) is 0 Å². The number of rotatable bonds is 3. The molecule has 0 saturated heterocycles. The van der Waals surface area contributed by atoms with E-state index in [0.717, 1.165) is 16.9 Å². The van der Waals surface area contributed by atoms with Gasteiger partial charge in [0.25, 0.3) is 5.56 Å². The third kappa shape index (κ3) is 3.58. The van der Waals surface area contributed by atoms with E-state index in [2.05, 4.69) is 0 Å². The number of benzene rings is 1. The number of hydrogen-bond donors (Lipinski definition) is 0. The first-order valence-electron chi connectivity index (χ1n) is 7.15. The second-order valence-corrected chi connectivity index (χ2v) is 6.90. The van der Waals surface area contributed by atoms with Crippen molar-refractivity contribution in [1.82, 2.24) is 4.57 Å². The van der Waals surface area contributed by atoms with Crippen molar-refractivity contribution in [2.75, 3.05) is 0 Å². The normalized spacial score (nSPS) is 11.1. The molecule has 7 heteroatoms. The van der Waals surface area contributed by atoms with Gasteiger partial charge >= 0.3 is 0 Å². The Kier molecular flexibility index (Phi) is 4.90. The van der Waals surface area contributed by atoms with Crippen LogP contribution in [0.25, 0.3) is 11.6 Å². The van der Waals surface area contributed by atoms with Crippen molar-refractivity contribution >= 4 is 34.3 Å². The first-order valence-corrected chi connectivity index (χ1v) is 8.91. The third-order valence-corrected chi connectivity index (χ3v) is 5.27. The first-order chi connectivity index (χ1) is 12.1. The smallest absolute Gasteiger partial charge is 0.269 e. The Morgan fingerprint density at radius 1 is 1.20 bits per heavy atom. The van der Waals surface area contributed by atoms with Gasteiger partial charge in [-0.05, 0) is 46.2 Å². The summed E-state index contributed by atoms with van der Waals surface area (Å²) in [6, 6.07) is 11.3. The van der Waals surface area contributed by atoms with Crippen LogP contribution in [-0.2, 0) is 6.54 Å². The van der Waals surface area contributed by atoms with Crippen LogP contribution < -0.4 is 14.8 Å². The van der Waals surface area contributed by atoms with Crippen LogP contribution in [0.5, 0.6) is 0 Å². The molecule has 25 heavy (non-hydrogen) atoms. The van der Waals surface area contributed by atoms with E-state index in [-0.39, 0.29) is 23.5 Å². The maximum Gasteiger partial charge on any atom is 0.269 e. The van der Waals surface area contributed by atoms with E-state index < -0.39 is 0 Å². The van der Waals surface area contributed by atoms with Gasteiger partial charge < -0.3 is 0 Å². The van der Waals surface area contributed by atoms with Crippen molar-refractivity contribution in [1.29, 1.82) is 10.5 Å². The van der Waals surface area contributed by atoms with Gasteiger partial charge in [0, 0.05) is 0 Å². The first kappa shape index (κ1) is 16.8. The molecular weight excluding hydrogens is 357 g/mol. The Hall–Kier alpha value is -3.00. The quantitative estimate of drug-likeness (QED) is 0.712. The molecule has 0 aliphatic rings. The number of hydrogen-bond acceptors (Lipinski definition) is 5. The Labute approximate surface area is 150 Å². The van der Waals surface area contributed by atoms with Gasteiger partial charge in [-0.2, -0.15) is 21.9 Å². The molecule has 0 amide bonds. The fourth-order valence-corrected chi connectivity index (χ4v) is 3.92. The largest absolute Gasteiger partial charge is 0.293 e. The standard InChI is InChI=1S/C18H10FN3OS2/c19-15-3-1-12(2-4-15)10-22-17(23)16(7-13-5-6-24-11-13)25-18(22)14(8-20)9-21/h1-7,11H,10H2/b16-7-. The predicted molar refractivity (Wildman–Crippen MR) is 95.9 cm³/mol. The van der Waals surface area contributed by atoms with Crippen molar-refractivity contribution in [3.63, 3.8) is 0 Å². The molecule has 0 bridgehead atoms. The second kappa shape index (κ2) is 7.27. The van der Waals surface area contributed by atoms with Gasteiger partial charge in [-0.1, -0.05) is 12.1 Å². The minimum absolute atomic E-state index is 0.116. The predicted octanol–water partition coefficient (Wildman–Crippen LogP) is 2.19. The lowest BCUT2D eigenvalue weighted by molar-refractivity contribution is 0.626. The lowest BCUT2D eigenvalue weighted by Crippen LogP contribution is -2.32. The summed E-state index contributed by atoms with van der Waals surface area (Å²) in [5, 5.41) is 22.2. The summed E-state index contributed by atoms with van der Waals surface area (Å²) in [6.07, 6.45) is 1.74.